The Hall–Kier alpha value is -4.08. The van der Waals surface area contributed by atoms with Crippen LogP contribution in [0, 0.1) is 17.8 Å². The summed E-state index contributed by atoms with van der Waals surface area (Å²) in [5.41, 5.74) is 2.47. The smallest absolute Gasteiger partial charge is 0.219 e. The zero-order valence-corrected chi connectivity index (χ0v) is 19.9. The molecule has 1 aliphatic rings. The number of likely N-dealkylation sites (tertiary alicyclic amines) is 1. The molecule has 0 bridgehead atoms. The van der Waals surface area contributed by atoms with E-state index in [1.165, 1.54) is 6.33 Å². The van der Waals surface area contributed by atoms with Gasteiger partial charge < -0.3 is 15.0 Å². The van der Waals surface area contributed by atoms with Crippen LogP contribution in [0.4, 0.5) is 11.5 Å². The van der Waals surface area contributed by atoms with E-state index in [0.717, 1.165) is 40.9 Å². The number of nitrogens with one attached hydrogen (secondary N) is 1. The van der Waals surface area contributed by atoms with Crippen LogP contribution in [0.15, 0.2) is 73.1 Å². The fraction of sp³-hybridized carbons (Fsp3) is 0.179. The van der Waals surface area contributed by atoms with Crippen molar-refractivity contribution in [1.82, 2.24) is 14.9 Å². The number of anilines is 2. The van der Waals surface area contributed by atoms with Crippen LogP contribution < -0.4 is 10.1 Å². The molecule has 1 saturated heterocycles. The van der Waals surface area contributed by atoms with Gasteiger partial charge >= 0.3 is 0 Å². The Morgan fingerprint density at radius 2 is 1.97 bits per heavy atom. The second-order valence-corrected chi connectivity index (χ2v) is 8.77. The highest BCUT2D eigenvalue weighted by Gasteiger charge is 2.22. The number of fused-ring (bicyclic) bond motifs is 1. The summed E-state index contributed by atoms with van der Waals surface area (Å²) in [6, 6.07) is 20.9. The number of ether oxygens (including phenoxy) is 1. The van der Waals surface area contributed by atoms with Crippen LogP contribution in [0.2, 0.25) is 5.02 Å². The van der Waals surface area contributed by atoms with Crippen LogP contribution in [0.5, 0.6) is 11.5 Å². The Bertz CT molecular complexity index is 1450. The van der Waals surface area contributed by atoms with Crippen molar-refractivity contribution in [2.45, 2.75) is 13.3 Å². The van der Waals surface area contributed by atoms with E-state index >= 15 is 0 Å². The van der Waals surface area contributed by atoms with Gasteiger partial charge in [0.1, 0.15) is 23.6 Å². The molecule has 0 saturated carbocycles. The number of hydrogen-bond acceptors (Lipinski definition) is 5. The summed E-state index contributed by atoms with van der Waals surface area (Å²) in [4.78, 5) is 22.2. The lowest BCUT2D eigenvalue weighted by atomic mass is 10.1. The van der Waals surface area contributed by atoms with Gasteiger partial charge in [-0.25, -0.2) is 9.97 Å². The van der Waals surface area contributed by atoms with Crippen molar-refractivity contribution < 1.29 is 9.53 Å². The monoisotopic (exact) mass is 482 g/mol. The first-order chi connectivity index (χ1) is 17.0. The molecular formula is C28H23ClN4O2. The molecule has 4 aromatic rings. The zero-order valence-electron chi connectivity index (χ0n) is 19.2. The molecule has 7 heteroatoms. The first kappa shape index (κ1) is 22.7. The van der Waals surface area contributed by atoms with Crippen LogP contribution in [0.25, 0.3) is 10.9 Å². The minimum atomic E-state index is 0.104. The van der Waals surface area contributed by atoms with Crippen molar-refractivity contribution in [3.05, 3.63) is 83.6 Å². The number of benzene rings is 3. The number of aromatic nitrogens is 2. The number of amides is 1. The van der Waals surface area contributed by atoms with Crippen molar-refractivity contribution >= 4 is 39.9 Å². The molecule has 1 amide bonds. The van der Waals surface area contributed by atoms with Crippen molar-refractivity contribution in [1.29, 1.82) is 0 Å². The maximum Gasteiger partial charge on any atom is 0.219 e. The second-order valence-electron chi connectivity index (χ2n) is 8.36. The third-order valence-corrected chi connectivity index (χ3v) is 6.15. The van der Waals surface area contributed by atoms with E-state index in [1.807, 2.05) is 65.6 Å². The first-order valence-corrected chi connectivity index (χ1v) is 11.7. The minimum absolute atomic E-state index is 0.104. The number of nitrogens with zero attached hydrogens (tertiary/aromatic N) is 3. The normalized spacial score (nSPS) is 14.9. The van der Waals surface area contributed by atoms with E-state index in [9.17, 15) is 4.79 Å². The lowest BCUT2D eigenvalue weighted by Gasteiger charge is -2.12. The van der Waals surface area contributed by atoms with Crippen LogP contribution in [0.1, 0.15) is 18.9 Å². The van der Waals surface area contributed by atoms with E-state index < -0.39 is 0 Å². The first-order valence-electron chi connectivity index (χ1n) is 11.4. The van der Waals surface area contributed by atoms with Crippen LogP contribution in [0.3, 0.4) is 0 Å². The Kier molecular flexibility index (Phi) is 6.51. The number of halogens is 1. The van der Waals surface area contributed by atoms with Crippen molar-refractivity contribution in [3.8, 4) is 23.3 Å². The molecule has 174 valence electrons. The lowest BCUT2D eigenvalue weighted by Crippen LogP contribution is -2.25. The molecule has 5 rings (SSSR count). The summed E-state index contributed by atoms with van der Waals surface area (Å²) < 4.78 is 5.87. The summed E-state index contributed by atoms with van der Waals surface area (Å²) in [5.74, 6) is 8.83. The highest BCUT2D eigenvalue weighted by atomic mass is 35.5. The second kappa shape index (κ2) is 10.0. The third-order valence-electron chi connectivity index (χ3n) is 5.86. The van der Waals surface area contributed by atoms with E-state index in [-0.39, 0.29) is 11.8 Å². The van der Waals surface area contributed by atoms with Gasteiger partial charge in [0.05, 0.1) is 10.5 Å². The maximum absolute atomic E-state index is 11.6. The topological polar surface area (TPSA) is 67.4 Å². The van der Waals surface area contributed by atoms with Gasteiger partial charge in [0.15, 0.2) is 0 Å². The fourth-order valence-electron chi connectivity index (χ4n) is 4.00. The predicted molar refractivity (Wildman–Crippen MR) is 138 cm³/mol. The van der Waals surface area contributed by atoms with Crippen LogP contribution in [-0.2, 0) is 4.79 Å². The molecule has 2 heterocycles. The maximum atomic E-state index is 11.6. The Morgan fingerprint density at radius 1 is 1.11 bits per heavy atom. The van der Waals surface area contributed by atoms with E-state index in [2.05, 4.69) is 27.1 Å². The molecule has 1 aliphatic heterocycles. The number of para-hydroxylation sites is 1. The molecule has 35 heavy (non-hydrogen) atoms. The number of rotatable bonds is 4. The third kappa shape index (κ3) is 5.37. The molecule has 0 spiro atoms. The molecule has 0 aliphatic carbocycles. The molecule has 1 aromatic heterocycles. The van der Waals surface area contributed by atoms with Crippen molar-refractivity contribution in [3.63, 3.8) is 0 Å². The lowest BCUT2D eigenvalue weighted by molar-refractivity contribution is -0.127. The Balaban J connectivity index is 1.36. The Labute approximate surface area is 208 Å². The largest absolute Gasteiger partial charge is 0.456 e. The van der Waals surface area contributed by atoms with Gasteiger partial charge in [-0.2, -0.15) is 0 Å². The number of hydrogen-bond donors (Lipinski definition) is 1. The molecular weight excluding hydrogens is 460 g/mol. The van der Waals surface area contributed by atoms with Gasteiger partial charge in [0.25, 0.3) is 0 Å². The molecule has 1 atom stereocenters. The number of carbonyl (C=O) groups excluding carboxylic acids is 1. The van der Waals surface area contributed by atoms with Gasteiger partial charge in [-0.3, -0.25) is 4.79 Å². The van der Waals surface area contributed by atoms with E-state index in [1.54, 1.807) is 13.0 Å². The number of carbonyl (C=O) groups is 1. The molecule has 0 radical (unpaired) electrons. The molecule has 6 nitrogen and oxygen atoms in total. The Morgan fingerprint density at radius 3 is 2.74 bits per heavy atom. The van der Waals surface area contributed by atoms with Gasteiger partial charge in [0, 0.05) is 42.6 Å². The van der Waals surface area contributed by atoms with E-state index in [4.69, 9.17) is 16.3 Å². The van der Waals surface area contributed by atoms with Gasteiger partial charge in [-0.15, -0.1) is 0 Å². The van der Waals surface area contributed by atoms with Crippen molar-refractivity contribution in [2.75, 3.05) is 18.4 Å². The standard InChI is InChI=1S/C28H23ClN4O2/c1-19(34)33-14-13-21(17-33)8-7-20-9-11-26-24(15-20)28(31-18-30-26)32-22-10-12-27(25(29)16-22)35-23-5-3-2-4-6-23/h2-6,9-12,15-16,18,21H,13-14,17H2,1H3,(H,30,31,32). The molecule has 1 fully saturated rings. The summed E-state index contributed by atoms with van der Waals surface area (Å²) in [7, 11) is 0. The average molecular weight is 483 g/mol. The molecule has 3 aromatic carbocycles. The SMILES string of the molecule is CC(=O)N1CCC(C#Cc2ccc3ncnc(Nc4ccc(Oc5ccccc5)c(Cl)c4)c3c2)C1. The van der Waals surface area contributed by atoms with Gasteiger partial charge in [0.2, 0.25) is 5.91 Å². The van der Waals surface area contributed by atoms with Crippen LogP contribution >= 0.6 is 11.6 Å². The average Bonchev–Trinajstić information content (AvgIpc) is 3.35. The minimum Gasteiger partial charge on any atom is -0.456 e. The summed E-state index contributed by atoms with van der Waals surface area (Å²) in [5, 5.41) is 4.68. The zero-order chi connectivity index (χ0) is 24.2. The quantitative estimate of drug-likeness (QED) is 0.359. The van der Waals surface area contributed by atoms with Gasteiger partial charge in [-0.05, 0) is 55.0 Å². The highest BCUT2D eigenvalue weighted by molar-refractivity contribution is 6.32. The van der Waals surface area contributed by atoms with Gasteiger partial charge in [-0.1, -0.05) is 41.6 Å². The van der Waals surface area contributed by atoms with Crippen LogP contribution in [-0.4, -0.2) is 33.9 Å². The fourth-order valence-corrected chi connectivity index (χ4v) is 4.22. The molecule has 1 unspecified atom stereocenters. The summed E-state index contributed by atoms with van der Waals surface area (Å²) in [6.07, 6.45) is 2.43. The highest BCUT2D eigenvalue weighted by Crippen LogP contribution is 2.33. The van der Waals surface area contributed by atoms with Crippen molar-refractivity contribution in [2.24, 2.45) is 5.92 Å². The predicted octanol–water partition coefficient (Wildman–Crippen LogP) is 6.04. The molecule has 1 N–H and O–H groups in total. The summed E-state index contributed by atoms with van der Waals surface area (Å²) in [6.45, 7) is 3.06. The van der Waals surface area contributed by atoms with E-state index in [0.29, 0.717) is 23.1 Å². The summed E-state index contributed by atoms with van der Waals surface area (Å²) >= 11 is 6.48.